The predicted molar refractivity (Wildman–Crippen MR) is 83.7 cm³/mol. The number of hydrogen-bond donors (Lipinski definition) is 1. The topological polar surface area (TPSA) is 29.9 Å². The Labute approximate surface area is 121 Å². The molecular weight excluding hydrogens is 246 g/mol. The van der Waals surface area contributed by atoms with E-state index in [9.17, 15) is 0 Å². The summed E-state index contributed by atoms with van der Waals surface area (Å²) in [7, 11) is 0. The van der Waals surface area contributed by atoms with Gasteiger partial charge in [-0.05, 0) is 45.2 Å². The van der Waals surface area contributed by atoms with Gasteiger partial charge in [-0.2, -0.15) is 0 Å². The smallest absolute Gasteiger partial charge is 0.207 e. The summed E-state index contributed by atoms with van der Waals surface area (Å²) in [5.41, 5.74) is 4.87. The van der Waals surface area contributed by atoms with E-state index >= 15 is 0 Å². The summed E-state index contributed by atoms with van der Waals surface area (Å²) in [4.78, 5) is 4.67. The Morgan fingerprint density at radius 1 is 1.15 bits per heavy atom. The summed E-state index contributed by atoms with van der Waals surface area (Å²) in [6.07, 6.45) is 7.31. The normalized spacial score (nSPS) is 15.8. The number of imidazole rings is 1. The molecule has 20 heavy (non-hydrogen) atoms. The molecule has 1 saturated carbocycles. The van der Waals surface area contributed by atoms with Crippen LogP contribution in [0.3, 0.4) is 0 Å². The second-order valence-electron chi connectivity index (χ2n) is 5.99. The summed E-state index contributed by atoms with van der Waals surface area (Å²) in [6.45, 7) is 6.35. The van der Waals surface area contributed by atoms with Crippen LogP contribution in [0.5, 0.6) is 0 Å². The molecule has 1 heterocycles. The van der Waals surface area contributed by atoms with E-state index in [1.807, 2.05) is 0 Å². The number of aryl methyl sites for hydroxylation is 3. The molecule has 3 heteroatoms. The van der Waals surface area contributed by atoms with E-state index in [1.54, 1.807) is 0 Å². The molecule has 1 N–H and O–H groups in total. The van der Waals surface area contributed by atoms with Crippen molar-refractivity contribution in [3.8, 4) is 5.69 Å². The number of benzene rings is 1. The van der Waals surface area contributed by atoms with Gasteiger partial charge in [0.1, 0.15) is 0 Å². The first-order chi connectivity index (χ1) is 9.63. The number of anilines is 1. The van der Waals surface area contributed by atoms with Gasteiger partial charge in [0.2, 0.25) is 5.95 Å². The van der Waals surface area contributed by atoms with Crippen LogP contribution in [-0.2, 0) is 0 Å². The number of hydrogen-bond acceptors (Lipinski definition) is 2. The molecule has 0 unspecified atom stereocenters. The quantitative estimate of drug-likeness (QED) is 0.907. The van der Waals surface area contributed by atoms with Gasteiger partial charge in [-0.1, -0.05) is 30.5 Å². The first-order valence-corrected chi connectivity index (χ1v) is 7.53. The first kappa shape index (κ1) is 13.2. The maximum absolute atomic E-state index is 4.67. The number of nitrogens with one attached hydrogen (secondary N) is 1. The van der Waals surface area contributed by atoms with Gasteiger partial charge in [-0.15, -0.1) is 0 Å². The van der Waals surface area contributed by atoms with Crippen LogP contribution in [0.15, 0.2) is 24.4 Å². The summed E-state index contributed by atoms with van der Waals surface area (Å²) in [5, 5.41) is 3.62. The summed E-state index contributed by atoms with van der Waals surface area (Å²) in [6, 6.07) is 7.16. The highest BCUT2D eigenvalue weighted by molar-refractivity contribution is 5.49. The van der Waals surface area contributed by atoms with Crippen LogP contribution < -0.4 is 5.32 Å². The van der Waals surface area contributed by atoms with Crippen molar-refractivity contribution >= 4 is 5.95 Å². The first-order valence-electron chi connectivity index (χ1n) is 7.53. The largest absolute Gasteiger partial charge is 0.353 e. The lowest BCUT2D eigenvalue weighted by atomic mass is 10.1. The Hall–Kier alpha value is -1.77. The third-order valence-electron chi connectivity index (χ3n) is 4.13. The SMILES string of the molecule is Cc1ccc(-n2cc(C)nc2NC2CCCC2)c(C)c1. The lowest BCUT2D eigenvalue weighted by Gasteiger charge is -2.16. The van der Waals surface area contributed by atoms with E-state index in [2.05, 4.69) is 60.0 Å². The van der Waals surface area contributed by atoms with Crippen LogP contribution in [0.1, 0.15) is 42.5 Å². The van der Waals surface area contributed by atoms with Crippen LogP contribution in [0.25, 0.3) is 5.69 Å². The Morgan fingerprint density at radius 2 is 1.90 bits per heavy atom. The molecule has 3 rings (SSSR count). The van der Waals surface area contributed by atoms with Crippen molar-refractivity contribution in [3.63, 3.8) is 0 Å². The van der Waals surface area contributed by atoms with Crippen LogP contribution in [-0.4, -0.2) is 15.6 Å². The molecule has 106 valence electrons. The fourth-order valence-corrected chi connectivity index (χ4v) is 3.11. The molecule has 1 aliphatic rings. The minimum Gasteiger partial charge on any atom is -0.353 e. The number of aromatic nitrogens is 2. The van der Waals surface area contributed by atoms with Crippen molar-refractivity contribution in [1.29, 1.82) is 0 Å². The lowest BCUT2D eigenvalue weighted by molar-refractivity contribution is 0.740. The second-order valence-corrected chi connectivity index (χ2v) is 5.99. The number of rotatable bonds is 3. The van der Waals surface area contributed by atoms with Gasteiger partial charge in [0.05, 0.1) is 11.4 Å². The van der Waals surface area contributed by atoms with Gasteiger partial charge in [0.25, 0.3) is 0 Å². The van der Waals surface area contributed by atoms with E-state index in [4.69, 9.17) is 0 Å². The standard InChI is InChI=1S/C17H23N3/c1-12-8-9-16(13(2)10-12)20-11-14(3)18-17(20)19-15-6-4-5-7-15/h8-11,15H,4-7H2,1-3H3,(H,18,19). The van der Waals surface area contributed by atoms with E-state index in [-0.39, 0.29) is 0 Å². The van der Waals surface area contributed by atoms with Crippen molar-refractivity contribution in [2.45, 2.75) is 52.5 Å². The van der Waals surface area contributed by atoms with E-state index in [0.717, 1.165) is 11.6 Å². The van der Waals surface area contributed by atoms with Gasteiger partial charge in [-0.3, -0.25) is 4.57 Å². The Morgan fingerprint density at radius 3 is 2.60 bits per heavy atom. The molecule has 3 nitrogen and oxygen atoms in total. The summed E-state index contributed by atoms with van der Waals surface area (Å²) >= 11 is 0. The lowest BCUT2D eigenvalue weighted by Crippen LogP contribution is -2.17. The summed E-state index contributed by atoms with van der Waals surface area (Å²) in [5.74, 6) is 0.987. The zero-order chi connectivity index (χ0) is 14.1. The van der Waals surface area contributed by atoms with E-state index < -0.39 is 0 Å². The van der Waals surface area contributed by atoms with Crippen molar-refractivity contribution in [1.82, 2.24) is 9.55 Å². The zero-order valence-electron chi connectivity index (χ0n) is 12.6. The molecule has 0 spiro atoms. The Bertz CT molecular complexity index is 607. The third-order valence-corrected chi connectivity index (χ3v) is 4.13. The molecule has 1 aromatic carbocycles. The number of nitrogens with zero attached hydrogens (tertiary/aromatic N) is 2. The zero-order valence-corrected chi connectivity index (χ0v) is 12.6. The third kappa shape index (κ3) is 2.58. The summed E-state index contributed by atoms with van der Waals surface area (Å²) < 4.78 is 2.20. The van der Waals surface area contributed by atoms with Crippen LogP contribution >= 0.6 is 0 Å². The van der Waals surface area contributed by atoms with Gasteiger partial charge < -0.3 is 5.32 Å². The van der Waals surface area contributed by atoms with Crippen molar-refractivity contribution in [3.05, 3.63) is 41.2 Å². The average molecular weight is 269 g/mol. The van der Waals surface area contributed by atoms with Crippen LogP contribution in [0.4, 0.5) is 5.95 Å². The molecule has 2 aromatic rings. The van der Waals surface area contributed by atoms with Gasteiger partial charge in [0.15, 0.2) is 0 Å². The highest BCUT2D eigenvalue weighted by atomic mass is 15.2. The fraction of sp³-hybridized carbons (Fsp3) is 0.471. The maximum Gasteiger partial charge on any atom is 0.207 e. The van der Waals surface area contributed by atoms with Crippen molar-refractivity contribution < 1.29 is 0 Å². The molecule has 0 amide bonds. The van der Waals surface area contributed by atoms with Crippen molar-refractivity contribution in [2.24, 2.45) is 0 Å². The molecule has 1 aliphatic carbocycles. The minimum absolute atomic E-state index is 0.585. The highest BCUT2D eigenvalue weighted by Gasteiger charge is 2.18. The molecule has 0 saturated heterocycles. The second kappa shape index (κ2) is 5.31. The molecule has 0 atom stereocenters. The maximum atomic E-state index is 4.67. The molecule has 1 aromatic heterocycles. The van der Waals surface area contributed by atoms with E-state index in [0.29, 0.717) is 6.04 Å². The monoisotopic (exact) mass is 269 g/mol. The van der Waals surface area contributed by atoms with Gasteiger partial charge in [0, 0.05) is 12.2 Å². The van der Waals surface area contributed by atoms with E-state index in [1.165, 1.54) is 42.5 Å². The van der Waals surface area contributed by atoms with Crippen molar-refractivity contribution in [2.75, 3.05) is 5.32 Å². The Kier molecular flexibility index (Phi) is 3.51. The van der Waals surface area contributed by atoms with Gasteiger partial charge >= 0.3 is 0 Å². The predicted octanol–water partition coefficient (Wildman–Crippen LogP) is 4.15. The average Bonchev–Trinajstić information content (AvgIpc) is 3.00. The Balaban J connectivity index is 1.95. The molecular formula is C17H23N3. The highest BCUT2D eigenvalue weighted by Crippen LogP contribution is 2.25. The fourth-order valence-electron chi connectivity index (χ4n) is 3.11. The van der Waals surface area contributed by atoms with Gasteiger partial charge in [-0.25, -0.2) is 4.98 Å². The molecule has 0 aliphatic heterocycles. The molecule has 0 radical (unpaired) electrons. The molecule has 1 fully saturated rings. The van der Waals surface area contributed by atoms with Crippen LogP contribution in [0, 0.1) is 20.8 Å². The molecule has 0 bridgehead atoms. The minimum atomic E-state index is 0.585. The van der Waals surface area contributed by atoms with Crippen LogP contribution in [0.2, 0.25) is 0 Å².